The molecule has 1 aliphatic heterocycles. The molecule has 33 heavy (non-hydrogen) atoms. The molecule has 1 saturated heterocycles. The van der Waals surface area contributed by atoms with E-state index in [0.717, 1.165) is 24.3 Å². The van der Waals surface area contributed by atoms with Crippen LogP contribution < -0.4 is 10.5 Å². The van der Waals surface area contributed by atoms with Crippen molar-refractivity contribution in [1.29, 1.82) is 0 Å². The molecule has 1 aliphatic rings. The number of nitrogens with zero attached hydrogens (tertiary/aromatic N) is 2. The molecule has 174 valence electrons. The van der Waals surface area contributed by atoms with Crippen LogP contribution in [0.15, 0.2) is 63.8 Å². The molecule has 0 bridgehead atoms. The lowest BCUT2D eigenvalue weighted by molar-refractivity contribution is 0.0676. The van der Waals surface area contributed by atoms with Gasteiger partial charge in [0.1, 0.15) is 11.1 Å². The minimum atomic E-state index is -3.22. The zero-order chi connectivity index (χ0) is 23.6. The molecular formula is C25H28N2O5S. The van der Waals surface area contributed by atoms with Gasteiger partial charge < -0.3 is 14.2 Å². The van der Waals surface area contributed by atoms with Crippen molar-refractivity contribution >= 4 is 32.4 Å². The largest absolute Gasteiger partial charge is 0.422 e. The lowest BCUT2D eigenvalue weighted by Crippen LogP contribution is -2.42. The molecular weight excluding hydrogens is 440 g/mol. The average molecular weight is 469 g/mol. The van der Waals surface area contributed by atoms with Crippen LogP contribution in [-0.4, -0.2) is 49.9 Å². The van der Waals surface area contributed by atoms with E-state index in [1.165, 1.54) is 11.0 Å². The van der Waals surface area contributed by atoms with Gasteiger partial charge in [0.2, 0.25) is 0 Å². The summed E-state index contributed by atoms with van der Waals surface area (Å²) >= 11 is 0. The molecule has 2 heterocycles. The Morgan fingerprint density at radius 1 is 1.06 bits per heavy atom. The van der Waals surface area contributed by atoms with E-state index >= 15 is 0 Å². The molecule has 0 spiro atoms. The minimum Gasteiger partial charge on any atom is -0.422 e. The second-order valence-corrected chi connectivity index (χ2v) is 10.5. The maximum atomic E-state index is 13.5. The molecule has 1 fully saturated rings. The van der Waals surface area contributed by atoms with E-state index in [-0.39, 0.29) is 23.6 Å². The molecule has 4 rings (SSSR count). The fourth-order valence-electron chi connectivity index (χ4n) is 4.35. The average Bonchev–Trinajstić information content (AvgIpc) is 3.17. The second-order valence-electron chi connectivity index (χ2n) is 8.31. The maximum absolute atomic E-state index is 13.5. The van der Waals surface area contributed by atoms with Gasteiger partial charge in [-0.15, -0.1) is 0 Å². The molecule has 2 aromatic carbocycles. The smallest absolute Gasteiger partial charge is 0.349 e. The van der Waals surface area contributed by atoms with Gasteiger partial charge in [0, 0.05) is 36.7 Å². The van der Waals surface area contributed by atoms with Gasteiger partial charge in [0.15, 0.2) is 9.84 Å². The standard InChI is InChI=1S/C25H28N2O5S/c1-3-26(4-2)20-11-9-18(10-12-20)16-27(21-13-14-33(30,31)17-21)24(28)22-15-19-7-5-6-8-23(19)32-25(22)29/h5-12,15,21H,3-4,13-14,16-17H2,1-2H3. The van der Waals surface area contributed by atoms with Crippen LogP contribution >= 0.6 is 0 Å². The normalized spacial score (nSPS) is 17.2. The van der Waals surface area contributed by atoms with Gasteiger partial charge in [-0.25, -0.2) is 13.2 Å². The Labute approximate surface area is 193 Å². The monoisotopic (exact) mass is 468 g/mol. The fraction of sp³-hybridized carbons (Fsp3) is 0.360. The third-order valence-corrected chi connectivity index (χ3v) is 7.95. The zero-order valence-corrected chi connectivity index (χ0v) is 19.7. The summed E-state index contributed by atoms with van der Waals surface area (Å²) in [5, 5.41) is 0.642. The molecule has 0 aliphatic carbocycles. The summed E-state index contributed by atoms with van der Waals surface area (Å²) in [6.07, 6.45) is 0.352. The summed E-state index contributed by atoms with van der Waals surface area (Å²) in [4.78, 5) is 29.9. The van der Waals surface area contributed by atoms with Crippen LogP contribution in [0.1, 0.15) is 36.2 Å². The van der Waals surface area contributed by atoms with Crippen molar-refractivity contribution in [1.82, 2.24) is 4.90 Å². The lowest BCUT2D eigenvalue weighted by atomic mass is 10.1. The van der Waals surface area contributed by atoms with E-state index in [1.54, 1.807) is 24.3 Å². The van der Waals surface area contributed by atoms with Gasteiger partial charge in [0.25, 0.3) is 5.91 Å². The van der Waals surface area contributed by atoms with Crippen molar-refractivity contribution in [3.8, 4) is 0 Å². The molecule has 3 aromatic rings. The van der Waals surface area contributed by atoms with E-state index in [1.807, 2.05) is 24.3 Å². The molecule has 1 atom stereocenters. The highest BCUT2D eigenvalue weighted by molar-refractivity contribution is 7.91. The van der Waals surface area contributed by atoms with Crippen LogP contribution in [0.4, 0.5) is 5.69 Å². The molecule has 1 aromatic heterocycles. The number of amides is 1. The number of hydrogen-bond acceptors (Lipinski definition) is 6. The topological polar surface area (TPSA) is 87.9 Å². The van der Waals surface area contributed by atoms with E-state index in [2.05, 4.69) is 18.7 Å². The van der Waals surface area contributed by atoms with Gasteiger partial charge in [-0.05, 0) is 50.1 Å². The molecule has 8 heteroatoms. The summed E-state index contributed by atoms with van der Waals surface area (Å²) in [7, 11) is -3.22. The SMILES string of the molecule is CCN(CC)c1ccc(CN(C(=O)c2cc3ccccc3oc2=O)C2CCS(=O)(=O)C2)cc1. The molecule has 0 saturated carbocycles. The van der Waals surface area contributed by atoms with Crippen molar-refractivity contribution in [2.75, 3.05) is 29.5 Å². The molecule has 0 N–H and O–H groups in total. The summed E-state index contributed by atoms with van der Waals surface area (Å²) in [6.45, 7) is 6.17. The fourth-order valence-corrected chi connectivity index (χ4v) is 6.08. The first kappa shape index (κ1) is 23.0. The number of benzene rings is 2. The van der Waals surface area contributed by atoms with Gasteiger partial charge >= 0.3 is 5.63 Å². The number of carbonyl (C=O) groups is 1. The van der Waals surface area contributed by atoms with E-state index < -0.39 is 27.4 Å². The Morgan fingerprint density at radius 3 is 2.39 bits per heavy atom. The van der Waals surface area contributed by atoms with Gasteiger partial charge in [-0.1, -0.05) is 30.3 Å². The van der Waals surface area contributed by atoms with Crippen molar-refractivity contribution < 1.29 is 17.6 Å². The lowest BCUT2D eigenvalue weighted by Gasteiger charge is -2.28. The summed E-state index contributed by atoms with van der Waals surface area (Å²) in [6, 6.07) is 15.9. The highest BCUT2D eigenvalue weighted by Gasteiger charge is 2.36. The van der Waals surface area contributed by atoms with Crippen LogP contribution in [-0.2, 0) is 16.4 Å². The van der Waals surface area contributed by atoms with E-state index in [0.29, 0.717) is 17.4 Å². The third kappa shape index (κ3) is 4.95. The van der Waals surface area contributed by atoms with Crippen LogP contribution in [0.25, 0.3) is 11.0 Å². The van der Waals surface area contributed by atoms with Crippen LogP contribution in [0.5, 0.6) is 0 Å². The first-order chi connectivity index (χ1) is 15.8. The Kier molecular flexibility index (Phi) is 6.56. The van der Waals surface area contributed by atoms with Crippen LogP contribution in [0, 0.1) is 0 Å². The van der Waals surface area contributed by atoms with Crippen molar-refractivity contribution in [2.24, 2.45) is 0 Å². The third-order valence-electron chi connectivity index (χ3n) is 6.20. The van der Waals surface area contributed by atoms with Crippen molar-refractivity contribution in [2.45, 2.75) is 32.9 Å². The molecule has 1 amide bonds. The summed E-state index contributed by atoms with van der Waals surface area (Å²) < 4.78 is 29.7. The van der Waals surface area contributed by atoms with E-state index in [4.69, 9.17) is 4.42 Å². The number of anilines is 1. The number of sulfone groups is 1. The van der Waals surface area contributed by atoms with Gasteiger partial charge in [-0.3, -0.25) is 4.79 Å². The highest BCUT2D eigenvalue weighted by atomic mass is 32.2. The second kappa shape index (κ2) is 9.39. The van der Waals surface area contributed by atoms with Crippen molar-refractivity contribution in [3.05, 3.63) is 76.1 Å². The molecule has 0 radical (unpaired) electrons. The predicted molar refractivity (Wildman–Crippen MR) is 129 cm³/mol. The predicted octanol–water partition coefficient (Wildman–Crippen LogP) is 3.47. The Balaban J connectivity index is 1.68. The Bertz CT molecular complexity index is 1310. The zero-order valence-electron chi connectivity index (χ0n) is 18.9. The quantitative estimate of drug-likeness (QED) is 0.494. The highest BCUT2D eigenvalue weighted by Crippen LogP contribution is 2.24. The van der Waals surface area contributed by atoms with Gasteiger partial charge in [-0.2, -0.15) is 0 Å². The number of hydrogen-bond donors (Lipinski definition) is 0. The van der Waals surface area contributed by atoms with Crippen molar-refractivity contribution in [3.63, 3.8) is 0 Å². The number of carbonyl (C=O) groups excluding carboxylic acids is 1. The van der Waals surface area contributed by atoms with Crippen LogP contribution in [0.2, 0.25) is 0 Å². The van der Waals surface area contributed by atoms with Gasteiger partial charge in [0.05, 0.1) is 11.5 Å². The molecule has 7 nitrogen and oxygen atoms in total. The Hall–Kier alpha value is -3.13. The first-order valence-electron chi connectivity index (χ1n) is 11.2. The molecule has 1 unspecified atom stereocenters. The maximum Gasteiger partial charge on any atom is 0.349 e. The summed E-state index contributed by atoms with van der Waals surface area (Å²) in [5.74, 6) is -0.575. The summed E-state index contributed by atoms with van der Waals surface area (Å²) in [5.41, 5.74) is 1.55. The first-order valence-corrected chi connectivity index (χ1v) is 13.0. The van der Waals surface area contributed by atoms with E-state index in [9.17, 15) is 18.0 Å². The minimum absolute atomic E-state index is 0.0364. The van der Waals surface area contributed by atoms with Crippen LogP contribution in [0.3, 0.4) is 0 Å². The Morgan fingerprint density at radius 2 is 1.76 bits per heavy atom. The number of rotatable bonds is 7. The number of para-hydroxylation sites is 1. The number of fused-ring (bicyclic) bond motifs is 1.